The predicted molar refractivity (Wildman–Crippen MR) is 122 cm³/mol. The summed E-state index contributed by atoms with van der Waals surface area (Å²) in [5.41, 5.74) is 2.25. The lowest BCUT2D eigenvalue weighted by Crippen LogP contribution is -2.43. The second kappa shape index (κ2) is 9.71. The molecule has 2 aromatic carbocycles. The molecule has 0 N–H and O–H groups in total. The van der Waals surface area contributed by atoms with E-state index < -0.39 is 0 Å². The number of nitrogens with zero attached hydrogens (tertiary/aromatic N) is 2. The molecule has 3 atom stereocenters. The lowest BCUT2D eigenvalue weighted by Gasteiger charge is -2.38. The molecule has 29 heavy (non-hydrogen) atoms. The number of rotatable bonds is 5. The van der Waals surface area contributed by atoms with Crippen molar-refractivity contribution in [2.75, 3.05) is 20.6 Å². The molecule has 0 aromatic heterocycles. The van der Waals surface area contributed by atoms with E-state index in [9.17, 15) is 9.18 Å². The van der Waals surface area contributed by atoms with Gasteiger partial charge in [0.25, 0.3) is 0 Å². The van der Waals surface area contributed by atoms with Crippen molar-refractivity contribution < 1.29 is 9.18 Å². The molecule has 0 radical (unpaired) electrons. The third-order valence-electron chi connectivity index (χ3n) is 6.10. The van der Waals surface area contributed by atoms with Gasteiger partial charge in [-0.2, -0.15) is 0 Å². The zero-order valence-corrected chi connectivity index (χ0v) is 20.2. The number of carbonyl (C=O) groups is 1. The molecular formula is C23H27Br2FN2O. The quantitative estimate of drug-likeness (QED) is 0.468. The fourth-order valence-electron chi connectivity index (χ4n) is 4.05. The maximum Gasteiger partial charge on any atom is 0.224 e. The summed E-state index contributed by atoms with van der Waals surface area (Å²) in [6.45, 7) is 3.00. The third kappa shape index (κ3) is 5.68. The van der Waals surface area contributed by atoms with E-state index in [1.807, 2.05) is 30.1 Å². The van der Waals surface area contributed by atoms with E-state index in [0.717, 1.165) is 39.5 Å². The highest BCUT2D eigenvalue weighted by molar-refractivity contribution is 9.11. The first kappa shape index (κ1) is 22.4. The molecule has 1 fully saturated rings. The predicted octanol–water partition coefficient (Wildman–Crippen LogP) is 6.14. The highest BCUT2D eigenvalue weighted by atomic mass is 79.9. The zero-order valence-electron chi connectivity index (χ0n) is 17.0. The lowest BCUT2D eigenvalue weighted by molar-refractivity contribution is -0.133. The van der Waals surface area contributed by atoms with Gasteiger partial charge in [0.15, 0.2) is 0 Å². The molecule has 1 amide bonds. The standard InChI is InChI=1S/C23H27Br2FN2O/c1-15(18-10-19(24)13-20(25)11-18)28(3)23(29)14-22-12-17(8-9-27(22)2)16-4-6-21(26)7-5-16/h4-7,10-11,13,15,17,22H,8-9,12,14H2,1-3H3. The lowest BCUT2D eigenvalue weighted by atomic mass is 9.84. The van der Waals surface area contributed by atoms with E-state index in [2.05, 4.69) is 62.9 Å². The van der Waals surface area contributed by atoms with Crippen molar-refractivity contribution in [3.63, 3.8) is 0 Å². The van der Waals surface area contributed by atoms with Crippen molar-refractivity contribution in [2.24, 2.45) is 0 Å². The van der Waals surface area contributed by atoms with E-state index in [4.69, 9.17) is 0 Å². The second-order valence-electron chi connectivity index (χ2n) is 7.99. The van der Waals surface area contributed by atoms with Crippen LogP contribution in [0.15, 0.2) is 51.4 Å². The molecule has 3 rings (SSSR count). The van der Waals surface area contributed by atoms with Crippen LogP contribution in [-0.2, 0) is 4.79 Å². The minimum Gasteiger partial charge on any atom is -0.339 e. The molecule has 0 bridgehead atoms. The van der Waals surface area contributed by atoms with Gasteiger partial charge in [-0.3, -0.25) is 4.79 Å². The van der Waals surface area contributed by atoms with E-state index in [1.165, 1.54) is 12.1 Å². The number of likely N-dealkylation sites (tertiary alicyclic amines) is 1. The van der Waals surface area contributed by atoms with Crippen LogP contribution in [0.2, 0.25) is 0 Å². The number of hydrogen-bond acceptors (Lipinski definition) is 2. The van der Waals surface area contributed by atoms with Crippen molar-refractivity contribution in [1.29, 1.82) is 0 Å². The third-order valence-corrected chi connectivity index (χ3v) is 7.02. The molecule has 1 heterocycles. The van der Waals surface area contributed by atoms with Crippen LogP contribution in [0.5, 0.6) is 0 Å². The molecule has 3 nitrogen and oxygen atoms in total. The number of amides is 1. The SMILES string of the molecule is CC(c1cc(Br)cc(Br)c1)N(C)C(=O)CC1CC(c2ccc(F)cc2)CCN1C. The van der Waals surface area contributed by atoms with Gasteiger partial charge in [0.1, 0.15) is 5.82 Å². The van der Waals surface area contributed by atoms with Gasteiger partial charge in [-0.05, 0) is 80.7 Å². The van der Waals surface area contributed by atoms with Crippen LogP contribution in [0.1, 0.15) is 49.3 Å². The summed E-state index contributed by atoms with van der Waals surface area (Å²) < 4.78 is 15.2. The topological polar surface area (TPSA) is 23.6 Å². The Morgan fingerprint density at radius 3 is 2.45 bits per heavy atom. The summed E-state index contributed by atoms with van der Waals surface area (Å²) in [5.74, 6) is 0.307. The fraction of sp³-hybridized carbons (Fsp3) is 0.435. The fourth-order valence-corrected chi connectivity index (χ4v) is 5.38. The average Bonchev–Trinajstić information content (AvgIpc) is 2.68. The highest BCUT2D eigenvalue weighted by Crippen LogP contribution is 2.33. The van der Waals surface area contributed by atoms with E-state index >= 15 is 0 Å². The first-order chi connectivity index (χ1) is 13.7. The number of carbonyl (C=O) groups excluding carboxylic acids is 1. The van der Waals surface area contributed by atoms with E-state index in [1.54, 1.807) is 0 Å². The van der Waals surface area contributed by atoms with Crippen LogP contribution in [-0.4, -0.2) is 42.4 Å². The van der Waals surface area contributed by atoms with Crippen molar-refractivity contribution in [3.05, 3.63) is 68.4 Å². The molecule has 1 aliphatic rings. The summed E-state index contributed by atoms with van der Waals surface area (Å²) in [7, 11) is 3.97. The number of piperidine rings is 1. The molecule has 2 aromatic rings. The van der Waals surface area contributed by atoms with Gasteiger partial charge < -0.3 is 9.80 Å². The summed E-state index contributed by atoms with van der Waals surface area (Å²) in [6, 6.07) is 13.1. The molecule has 156 valence electrons. The van der Waals surface area contributed by atoms with Crippen molar-refractivity contribution in [2.45, 2.75) is 44.2 Å². The highest BCUT2D eigenvalue weighted by Gasteiger charge is 2.30. The van der Waals surface area contributed by atoms with E-state index in [0.29, 0.717) is 12.3 Å². The zero-order chi connectivity index (χ0) is 21.1. The Labute approximate surface area is 189 Å². The van der Waals surface area contributed by atoms with Gasteiger partial charge in [-0.25, -0.2) is 4.39 Å². The molecule has 6 heteroatoms. The summed E-state index contributed by atoms with van der Waals surface area (Å²) >= 11 is 7.05. The van der Waals surface area contributed by atoms with Crippen LogP contribution in [0, 0.1) is 5.82 Å². The Morgan fingerprint density at radius 2 is 1.83 bits per heavy atom. The van der Waals surface area contributed by atoms with Crippen LogP contribution in [0.25, 0.3) is 0 Å². The number of hydrogen-bond donors (Lipinski definition) is 0. The van der Waals surface area contributed by atoms with Crippen LogP contribution in [0.3, 0.4) is 0 Å². The molecular weight excluding hydrogens is 499 g/mol. The summed E-state index contributed by atoms with van der Waals surface area (Å²) in [4.78, 5) is 17.2. The van der Waals surface area contributed by atoms with Gasteiger partial charge in [-0.15, -0.1) is 0 Å². The minimum atomic E-state index is -0.205. The van der Waals surface area contributed by atoms with Crippen LogP contribution < -0.4 is 0 Å². The summed E-state index contributed by atoms with van der Waals surface area (Å²) in [6.07, 6.45) is 2.44. The molecule has 1 aliphatic heterocycles. The maximum absolute atomic E-state index is 13.3. The largest absolute Gasteiger partial charge is 0.339 e. The smallest absolute Gasteiger partial charge is 0.224 e. The molecule has 0 aliphatic carbocycles. The van der Waals surface area contributed by atoms with Crippen molar-refractivity contribution in [1.82, 2.24) is 9.80 Å². The molecule has 0 saturated carbocycles. The maximum atomic E-state index is 13.3. The van der Waals surface area contributed by atoms with Gasteiger partial charge in [0.2, 0.25) is 5.91 Å². The van der Waals surface area contributed by atoms with Gasteiger partial charge in [0, 0.05) is 28.5 Å². The van der Waals surface area contributed by atoms with E-state index in [-0.39, 0.29) is 23.8 Å². The average molecular weight is 526 g/mol. The number of halogens is 3. The van der Waals surface area contributed by atoms with Gasteiger partial charge in [0.05, 0.1) is 6.04 Å². The Morgan fingerprint density at radius 1 is 1.21 bits per heavy atom. The first-order valence-electron chi connectivity index (χ1n) is 9.92. The first-order valence-corrected chi connectivity index (χ1v) is 11.5. The monoisotopic (exact) mass is 524 g/mol. The summed E-state index contributed by atoms with van der Waals surface area (Å²) in [5, 5.41) is 0. The molecule has 3 unspecified atom stereocenters. The van der Waals surface area contributed by atoms with Gasteiger partial charge >= 0.3 is 0 Å². The van der Waals surface area contributed by atoms with Gasteiger partial charge in [-0.1, -0.05) is 44.0 Å². The Balaban J connectivity index is 1.66. The van der Waals surface area contributed by atoms with Crippen LogP contribution in [0.4, 0.5) is 4.39 Å². The molecule has 1 saturated heterocycles. The Kier molecular flexibility index (Phi) is 7.52. The second-order valence-corrected chi connectivity index (χ2v) is 9.83. The molecule has 0 spiro atoms. The number of benzene rings is 2. The van der Waals surface area contributed by atoms with Crippen LogP contribution >= 0.6 is 31.9 Å². The van der Waals surface area contributed by atoms with Crippen molar-refractivity contribution in [3.8, 4) is 0 Å². The Hall–Kier alpha value is -1.24. The van der Waals surface area contributed by atoms with Crippen molar-refractivity contribution >= 4 is 37.8 Å². The Bertz CT molecular complexity index is 838. The normalized spacial score (nSPS) is 21.0. The minimum absolute atomic E-state index is 0.0157.